The van der Waals surface area contributed by atoms with Gasteiger partial charge in [0, 0.05) is 0 Å². The summed E-state index contributed by atoms with van der Waals surface area (Å²) in [6, 6.07) is -0.713. The topological polar surface area (TPSA) is 103 Å². The van der Waals surface area contributed by atoms with Crippen LogP contribution in [0.1, 0.15) is 27.2 Å². The molecule has 0 aliphatic heterocycles. The monoisotopic (exact) mass is 188 g/mol. The van der Waals surface area contributed by atoms with E-state index in [0.717, 1.165) is 0 Å². The lowest BCUT2D eigenvalue weighted by Gasteiger charge is -2.20. The van der Waals surface area contributed by atoms with Crippen molar-refractivity contribution in [2.75, 3.05) is 0 Å². The summed E-state index contributed by atoms with van der Waals surface area (Å²) in [5.74, 6) is 8.96. The number of carbonyl (C=O) groups is 1. The van der Waals surface area contributed by atoms with E-state index in [1.807, 2.05) is 20.8 Å². The summed E-state index contributed by atoms with van der Waals surface area (Å²) in [7, 11) is 0. The molecule has 0 saturated carbocycles. The zero-order valence-corrected chi connectivity index (χ0v) is 8.15. The third-order valence-electron chi connectivity index (χ3n) is 1.40. The van der Waals surface area contributed by atoms with E-state index in [1.54, 1.807) is 0 Å². The fourth-order valence-corrected chi connectivity index (χ4v) is 0.910. The first kappa shape index (κ1) is 11.8. The van der Waals surface area contributed by atoms with E-state index in [2.05, 4.69) is 15.2 Å². The maximum atomic E-state index is 11.0. The zero-order valence-electron chi connectivity index (χ0n) is 8.15. The van der Waals surface area contributed by atoms with Crippen LogP contribution in [0, 0.1) is 5.41 Å². The molecule has 0 fully saturated rings. The van der Waals surface area contributed by atoms with Crippen molar-refractivity contribution >= 4 is 5.97 Å². The molecule has 0 rings (SSSR count). The minimum atomic E-state index is -0.713. The van der Waals surface area contributed by atoms with Gasteiger partial charge < -0.3 is 10.7 Å². The zero-order chi connectivity index (χ0) is 10.5. The third-order valence-corrected chi connectivity index (χ3v) is 1.40. The third kappa shape index (κ3) is 5.13. The van der Waals surface area contributed by atoms with E-state index in [0.29, 0.717) is 6.42 Å². The Morgan fingerprint density at radius 3 is 2.38 bits per heavy atom. The van der Waals surface area contributed by atoms with Gasteiger partial charge in [-0.15, -0.1) is 0 Å². The summed E-state index contributed by atoms with van der Waals surface area (Å²) < 4.78 is 0. The molecule has 0 saturated heterocycles. The van der Waals surface area contributed by atoms with Crippen LogP contribution in [0.25, 0.3) is 0 Å². The summed E-state index contributed by atoms with van der Waals surface area (Å²) in [6.07, 6.45) is 0.490. The highest BCUT2D eigenvalue weighted by atomic mass is 16.7. The maximum Gasteiger partial charge on any atom is 0.351 e. The highest BCUT2D eigenvalue weighted by molar-refractivity contribution is 5.75. The molecule has 0 aliphatic rings. The Labute approximate surface area is 77.3 Å². The second kappa shape index (κ2) is 4.76. The largest absolute Gasteiger partial charge is 0.372 e. The fourth-order valence-electron chi connectivity index (χ4n) is 0.910. The molecule has 6 nitrogen and oxygen atoms in total. The molecule has 6 heteroatoms. The van der Waals surface area contributed by atoms with E-state index in [9.17, 15) is 4.79 Å². The molecule has 0 unspecified atom stereocenters. The van der Waals surface area contributed by atoms with Gasteiger partial charge in [-0.3, -0.25) is 0 Å². The number of hydrogen-bond donors (Lipinski definition) is 2. The Morgan fingerprint density at radius 1 is 1.54 bits per heavy atom. The summed E-state index contributed by atoms with van der Waals surface area (Å²) in [5, 5.41) is 6.59. The average molecular weight is 188 g/mol. The van der Waals surface area contributed by atoms with Crippen LogP contribution < -0.4 is 11.7 Å². The molecular weight excluding hydrogens is 172 g/mol. The highest BCUT2D eigenvalue weighted by Crippen LogP contribution is 2.22. The minimum Gasteiger partial charge on any atom is -0.372 e. The summed E-state index contributed by atoms with van der Waals surface area (Å²) in [4.78, 5) is 15.1. The van der Waals surface area contributed by atoms with Crippen molar-refractivity contribution in [1.82, 2.24) is 0 Å². The lowest BCUT2D eigenvalue weighted by Crippen LogP contribution is -2.28. The van der Waals surface area contributed by atoms with Crippen molar-refractivity contribution in [3.63, 3.8) is 0 Å². The van der Waals surface area contributed by atoms with Gasteiger partial charge in [0.15, 0.2) is 6.04 Å². The molecule has 0 bridgehead atoms. The van der Waals surface area contributed by atoms with Crippen molar-refractivity contribution in [3.8, 4) is 0 Å². The molecule has 4 N–H and O–H groups in total. The molecule has 1 atom stereocenters. The van der Waals surface area contributed by atoms with Crippen molar-refractivity contribution in [3.05, 3.63) is 0 Å². The van der Waals surface area contributed by atoms with Gasteiger partial charge in [-0.1, -0.05) is 26.0 Å². The second-order valence-corrected chi connectivity index (χ2v) is 3.95. The van der Waals surface area contributed by atoms with E-state index in [-0.39, 0.29) is 5.41 Å². The van der Waals surface area contributed by atoms with Crippen molar-refractivity contribution in [2.24, 2.45) is 27.5 Å². The smallest absolute Gasteiger partial charge is 0.351 e. The molecular formula is C7H16N4O2. The SMILES string of the molecule is CC(C)(C)C[C@H](N=NN)C(=O)ON. The molecule has 0 heterocycles. The lowest BCUT2D eigenvalue weighted by atomic mass is 9.88. The molecule has 0 aromatic heterocycles. The van der Waals surface area contributed by atoms with Gasteiger partial charge >= 0.3 is 5.97 Å². The van der Waals surface area contributed by atoms with E-state index >= 15 is 0 Å². The van der Waals surface area contributed by atoms with Crippen LogP contribution in [-0.4, -0.2) is 12.0 Å². The first-order valence-electron chi connectivity index (χ1n) is 3.91. The molecule has 0 aromatic rings. The number of nitrogens with two attached hydrogens (primary N) is 2. The Kier molecular flexibility index (Phi) is 4.33. The van der Waals surface area contributed by atoms with Gasteiger partial charge in [-0.2, -0.15) is 11.0 Å². The number of hydrogen-bond acceptors (Lipinski definition) is 5. The Balaban J connectivity index is 4.35. The molecule has 13 heavy (non-hydrogen) atoms. The fraction of sp³-hybridized carbons (Fsp3) is 0.857. The summed E-state index contributed by atoms with van der Waals surface area (Å²) in [5.41, 5.74) is -0.0625. The van der Waals surface area contributed by atoms with Crippen LogP contribution in [0.3, 0.4) is 0 Å². The number of rotatable bonds is 3. The van der Waals surface area contributed by atoms with Gasteiger partial charge in [-0.25, -0.2) is 4.79 Å². The molecule has 76 valence electrons. The van der Waals surface area contributed by atoms with E-state index in [4.69, 9.17) is 11.7 Å². The minimum absolute atomic E-state index is 0.0625. The van der Waals surface area contributed by atoms with Gasteiger partial charge in [0.1, 0.15) is 0 Å². The average Bonchev–Trinajstić information content (AvgIpc) is 2.00. The highest BCUT2D eigenvalue weighted by Gasteiger charge is 2.25. The van der Waals surface area contributed by atoms with Gasteiger partial charge in [-0.05, 0) is 11.8 Å². The predicted molar refractivity (Wildman–Crippen MR) is 47.2 cm³/mol. The number of carbonyl (C=O) groups excluding carboxylic acids is 1. The first-order chi connectivity index (χ1) is 5.90. The molecule has 0 spiro atoms. The Morgan fingerprint density at radius 2 is 2.08 bits per heavy atom. The van der Waals surface area contributed by atoms with Gasteiger partial charge in [0.05, 0.1) is 0 Å². The standard InChI is InChI=1S/C7H16N4O2/c1-7(2,3)4-5(10-11-8)6(12)13-9/h5H,4,9H2,1-3H3,(H2,8,10)/t5-/m0/s1. The maximum absolute atomic E-state index is 11.0. The second-order valence-electron chi connectivity index (χ2n) is 3.95. The quantitative estimate of drug-likeness (QED) is 0.383. The van der Waals surface area contributed by atoms with E-state index < -0.39 is 12.0 Å². The normalized spacial score (nSPS) is 14.5. The Hall–Kier alpha value is -1.17. The number of nitrogens with zero attached hydrogens (tertiary/aromatic N) is 2. The van der Waals surface area contributed by atoms with Crippen LogP contribution >= 0.6 is 0 Å². The van der Waals surface area contributed by atoms with Gasteiger partial charge in [0.2, 0.25) is 0 Å². The van der Waals surface area contributed by atoms with E-state index in [1.165, 1.54) is 0 Å². The van der Waals surface area contributed by atoms with Crippen LogP contribution in [-0.2, 0) is 9.63 Å². The van der Waals surface area contributed by atoms with Crippen LogP contribution in [0.4, 0.5) is 0 Å². The lowest BCUT2D eigenvalue weighted by molar-refractivity contribution is -0.146. The van der Waals surface area contributed by atoms with Crippen molar-refractivity contribution in [1.29, 1.82) is 0 Å². The van der Waals surface area contributed by atoms with Crippen LogP contribution in [0.5, 0.6) is 0 Å². The molecule has 0 aliphatic carbocycles. The molecule has 0 aromatic carbocycles. The molecule has 0 radical (unpaired) electrons. The summed E-state index contributed by atoms with van der Waals surface area (Å²) in [6.45, 7) is 5.90. The Bertz CT molecular complexity index is 197. The molecule has 0 amide bonds. The first-order valence-corrected chi connectivity index (χ1v) is 3.91. The van der Waals surface area contributed by atoms with Crippen LogP contribution in [0.15, 0.2) is 10.3 Å². The van der Waals surface area contributed by atoms with Gasteiger partial charge in [0.25, 0.3) is 0 Å². The van der Waals surface area contributed by atoms with Crippen LogP contribution in [0.2, 0.25) is 0 Å². The predicted octanol–water partition coefficient (Wildman–Crippen LogP) is 0.534. The summed E-state index contributed by atoms with van der Waals surface area (Å²) >= 11 is 0. The van der Waals surface area contributed by atoms with Crippen molar-refractivity contribution < 1.29 is 9.63 Å². The van der Waals surface area contributed by atoms with Crippen molar-refractivity contribution in [2.45, 2.75) is 33.2 Å².